The minimum atomic E-state index is -0.503. The van der Waals surface area contributed by atoms with Crippen molar-refractivity contribution in [1.82, 2.24) is 10.3 Å². The Balaban J connectivity index is 1.56. The second-order valence-corrected chi connectivity index (χ2v) is 6.79. The highest BCUT2D eigenvalue weighted by Gasteiger charge is 2.18. The van der Waals surface area contributed by atoms with Crippen LogP contribution in [0.1, 0.15) is 22.2 Å². The quantitative estimate of drug-likeness (QED) is 0.647. The Morgan fingerprint density at radius 2 is 2.32 bits per heavy atom. The van der Waals surface area contributed by atoms with Gasteiger partial charge >= 0.3 is 5.00 Å². The van der Waals surface area contributed by atoms with Gasteiger partial charge in [-0.3, -0.25) is 14.9 Å². The van der Waals surface area contributed by atoms with E-state index in [0.29, 0.717) is 18.0 Å². The number of anilines is 1. The molecule has 1 atom stereocenters. The summed E-state index contributed by atoms with van der Waals surface area (Å²) in [6.45, 7) is 4.65. The molecule has 1 amide bonds. The topological polar surface area (TPSA) is 97.6 Å². The normalized spacial score (nSPS) is 17.3. The molecule has 1 unspecified atom stereocenters. The van der Waals surface area contributed by atoms with E-state index in [9.17, 15) is 14.9 Å². The maximum atomic E-state index is 12.0. The van der Waals surface area contributed by atoms with Crippen LogP contribution in [0.3, 0.4) is 0 Å². The van der Waals surface area contributed by atoms with E-state index in [4.69, 9.17) is 4.74 Å². The number of nitro groups is 1. The van der Waals surface area contributed by atoms with Crippen LogP contribution in [-0.2, 0) is 11.3 Å². The molecule has 3 heterocycles. The van der Waals surface area contributed by atoms with Crippen molar-refractivity contribution in [3.8, 4) is 0 Å². The Hall–Kier alpha value is -2.52. The maximum absolute atomic E-state index is 12.0. The van der Waals surface area contributed by atoms with Gasteiger partial charge in [-0.15, -0.1) is 0 Å². The number of hydrogen-bond donors (Lipinski definition) is 1. The van der Waals surface area contributed by atoms with Crippen molar-refractivity contribution >= 4 is 28.1 Å². The molecule has 2 aromatic rings. The molecular weight excluding hydrogens is 344 g/mol. The molecule has 8 nitrogen and oxygen atoms in total. The SMILES string of the molecule is CC1CN(c2ccc(CNC(=O)c3ccc([N+](=O)[O-])s3)cn2)CCO1. The summed E-state index contributed by atoms with van der Waals surface area (Å²) in [5, 5.41) is 13.4. The zero-order valence-electron chi connectivity index (χ0n) is 13.7. The van der Waals surface area contributed by atoms with E-state index in [1.165, 1.54) is 12.1 Å². The van der Waals surface area contributed by atoms with Crippen molar-refractivity contribution in [2.75, 3.05) is 24.6 Å². The largest absolute Gasteiger partial charge is 0.375 e. The minimum absolute atomic E-state index is 0.0455. The monoisotopic (exact) mass is 362 g/mol. The van der Waals surface area contributed by atoms with Crippen LogP contribution in [0.5, 0.6) is 0 Å². The molecule has 0 spiro atoms. The molecule has 0 saturated carbocycles. The molecule has 3 rings (SSSR count). The zero-order chi connectivity index (χ0) is 17.8. The fraction of sp³-hybridized carbons (Fsp3) is 0.375. The third kappa shape index (κ3) is 4.31. The molecule has 9 heteroatoms. The maximum Gasteiger partial charge on any atom is 0.324 e. The number of nitrogens with zero attached hydrogens (tertiary/aromatic N) is 3. The van der Waals surface area contributed by atoms with Gasteiger partial charge in [0, 0.05) is 31.9 Å². The molecule has 132 valence electrons. The number of pyridine rings is 1. The lowest BCUT2D eigenvalue weighted by Gasteiger charge is -2.32. The standard InChI is InChI=1S/C16H18N4O4S/c1-11-10-19(6-7-24-11)14-4-2-12(8-17-14)9-18-16(21)13-3-5-15(25-13)20(22)23/h2-5,8,11H,6-7,9-10H2,1H3,(H,18,21). The van der Waals surface area contributed by atoms with Crippen LogP contribution >= 0.6 is 11.3 Å². The van der Waals surface area contributed by atoms with Crippen LogP contribution in [0.2, 0.25) is 0 Å². The molecule has 0 radical (unpaired) electrons. The summed E-state index contributed by atoms with van der Waals surface area (Å²) in [6, 6.07) is 6.63. The third-order valence-corrected chi connectivity index (χ3v) is 4.86. The Morgan fingerprint density at radius 3 is 2.96 bits per heavy atom. The molecular formula is C16H18N4O4S. The second-order valence-electron chi connectivity index (χ2n) is 5.73. The van der Waals surface area contributed by atoms with Crippen LogP contribution < -0.4 is 10.2 Å². The fourth-order valence-corrected chi connectivity index (χ4v) is 3.29. The van der Waals surface area contributed by atoms with E-state index < -0.39 is 4.92 Å². The van der Waals surface area contributed by atoms with Crippen LogP contribution in [0.4, 0.5) is 10.8 Å². The Labute approximate surface area is 148 Å². The molecule has 1 N–H and O–H groups in total. The van der Waals surface area contributed by atoms with Crippen molar-refractivity contribution < 1.29 is 14.5 Å². The number of carbonyl (C=O) groups is 1. The molecule has 1 aliphatic rings. The average Bonchev–Trinajstić information content (AvgIpc) is 3.11. The van der Waals surface area contributed by atoms with Crippen LogP contribution in [0.25, 0.3) is 0 Å². The summed E-state index contributed by atoms with van der Waals surface area (Å²) in [5.41, 5.74) is 0.865. The van der Waals surface area contributed by atoms with Gasteiger partial charge in [0.15, 0.2) is 0 Å². The lowest BCUT2D eigenvalue weighted by molar-refractivity contribution is -0.380. The van der Waals surface area contributed by atoms with E-state index >= 15 is 0 Å². The summed E-state index contributed by atoms with van der Waals surface area (Å²) < 4.78 is 5.52. The van der Waals surface area contributed by atoms with Crippen LogP contribution in [-0.4, -0.2) is 41.6 Å². The smallest absolute Gasteiger partial charge is 0.324 e. The Kier molecular flexibility index (Phi) is 5.25. The first-order chi connectivity index (χ1) is 12.0. The summed E-state index contributed by atoms with van der Waals surface area (Å²) in [5.74, 6) is 0.559. The summed E-state index contributed by atoms with van der Waals surface area (Å²) in [6.07, 6.45) is 1.91. The fourth-order valence-electron chi connectivity index (χ4n) is 2.55. The summed E-state index contributed by atoms with van der Waals surface area (Å²) in [7, 11) is 0. The van der Waals surface area contributed by atoms with Gasteiger partial charge in [0.05, 0.1) is 22.5 Å². The highest BCUT2D eigenvalue weighted by atomic mass is 32.1. The predicted octanol–water partition coefficient (Wildman–Crippen LogP) is 2.21. The van der Waals surface area contributed by atoms with Crippen molar-refractivity contribution in [3.63, 3.8) is 0 Å². The molecule has 2 aromatic heterocycles. The van der Waals surface area contributed by atoms with Crippen molar-refractivity contribution in [3.05, 3.63) is 51.0 Å². The minimum Gasteiger partial charge on any atom is -0.375 e. The molecule has 1 aliphatic heterocycles. The highest BCUT2D eigenvalue weighted by Crippen LogP contribution is 2.23. The average molecular weight is 362 g/mol. The molecule has 0 aliphatic carbocycles. The lowest BCUT2D eigenvalue weighted by atomic mass is 10.2. The Morgan fingerprint density at radius 1 is 1.48 bits per heavy atom. The second kappa shape index (κ2) is 7.58. The number of carbonyl (C=O) groups excluding carboxylic acids is 1. The van der Waals surface area contributed by atoms with Crippen LogP contribution in [0.15, 0.2) is 30.5 Å². The number of thiophene rings is 1. The van der Waals surface area contributed by atoms with Gasteiger partial charge in [0.25, 0.3) is 5.91 Å². The Bertz CT molecular complexity index is 762. The van der Waals surface area contributed by atoms with Gasteiger partial charge in [-0.2, -0.15) is 0 Å². The first-order valence-corrected chi connectivity index (χ1v) is 8.68. The molecule has 0 aromatic carbocycles. The van der Waals surface area contributed by atoms with Crippen molar-refractivity contribution in [2.45, 2.75) is 19.6 Å². The first-order valence-electron chi connectivity index (χ1n) is 7.87. The molecule has 25 heavy (non-hydrogen) atoms. The summed E-state index contributed by atoms with van der Waals surface area (Å²) in [4.78, 5) is 29.1. The zero-order valence-corrected chi connectivity index (χ0v) is 14.5. The number of ether oxygens (including phenoxy) is 1. The van der Waals surface area contributed by atoms with E-state index in [1.54, 1.807) is 6.20 Å². The number of morpholine rings is 1. The highest BCUT2D eigenvalue weighted by molar-refractivity contribution is 7.17. The van der Waals surface area contributed by atoms with Crippen molar-refractivity contribution in [2.24, 2.45) is 0 Å². The van der Waals surface area contributed by atoms with Crippen molar-refractivity contribution in [1.29, 1.82) is 0 Å². The predicted molar refractivity (Wildman–Crippen MR) is 94.0 cm³/mol. The van der Waals surface area contributed by atoms with E-state index in [0.717, 1.165) is 35.8 Å². The number of rotatable bonds is 5. The van der Waals surface area contributed by atoms with Gasteiger partial charge in [0.1, 0.15) is 5.82 Å². The van der Waals surface area contributed by atoms with Gasteiger partial charge in [-0.25, -0.2) is 4.98 Å². The third-order valence-electron chi connectivity index (χ3n) is 3.82. The van der Waals surface area contributed by atoms with Gasteiger partial charge < -0.3 is 15.0 Å². The van der Waals surface area contributed by atoms with E-state index in [-0.39, 0.29) is 17.0 Å². The van der Waals surface area contributed by atoms with E-state index in [2.05, 4.69) is 15.2 Å². The van der Waals surface area contributed by atoms with E-state index in [1.807, 2.05) is 19.1 Å². The van der Waals surface area contributed by atoms with Crippen LogP contribution in [0, 0.1) is 10.1 Å². The van der Waals surface area contributed by atoms with Gasteiger partial charge in [-0.1, -0.05) is 17.4 Å². The van der Waals surface area contributed by atoms with Gasteiger partial charge in [0.2, 0.25) is 0 Å². The molecule has 1 fully saturated rings. The van der Waals surface area contributed by atoms with Gasteiger partial charge in [-0.05, 0) is 24.6 Å². The molecule has 0 bridgehead atoms. The number of nitrogens with one attached hydrogen (secondary N) is 1. The number of amides is 1. The molecule has 1 saturated heterocycles. The first kappa shape index (κ1) is 17.3. The summed E-state index contributed by atoms with van der Waals surface area (Å²) >= 11 is 0.860. The number of hydrogen-bond acceptors (Lipinski definition) is 7. The lowest BCUT2D eigenvalue weighted by Crippen LogP contribution is -2.41. The number of aromatic nitrogens is 1.